The maximum atomic E-state index is 6.18. The molecular weight excluding hydrogens is 452 g/mol. The van der Waals surface area contributed by atoms with Gasteiger partial charge in [0.15, 0.2) is 11.5 Å². The molecule has 36 heavy (non-hydrogen) atoms. The highest BCUT2D eigenvalue weighted by Gasteiger charge is 2.22. The van der Waals surface area contributed by atoms with Crippen molar-refractivity contribution >= 4 is 0 Å². The molecule has 0 spiro atoms. The van der Waals surface area contributed by atoms with Crippen LogP contribution in [0.25, 0.3) is 0 Å². The van der Waals surface area contributed by atoms with E-state index >= 15 is 0 Å². The number of hydrogen-bond donors (Lipinski definition) is 0. The van der Waals surface area contributed by atoms with E-state index in [1.807, 2.05) is 12.1 Å². The Morgan fingerprint density at radius 3 is 2.31 bits per heavy atom. The number of fused-ring (bicyclic) bond motifs is 2. The second-order valence-electron chi connectivity index (χ2n) is 9.96. The lowest BCUT2D eigenvalue weighted by Crippen LogP contribution is -2.36. The Bertz CT molecular complexity index is 1160. The summed E-state index contributed by atoms with van der Waals surface area (Å²) >= 11 is 0. The van der Waals surface area contributed by atoms with Gasteiger partial charge in [-0.05, 0) is 53.8 Å². The molecule has 3 aromatic rings. The molecular formula is C30H34N2O4. The van der Waals surface area contributed by atoms with E-state index in [4.69, 9.17) is 18.9 Å². The van der Waals surface area contributed by atoms with Gasteiger partial charge in [-0.1, -0.05) is 42.5 Å². The fourth-order valence-corrected chi connectivity index (χ4v) is 5.31. The van der Waals surface area contributed by atoms with Crippen molar-refractivity contribution in [3.8, 4) is 17.2 Å². The Balaban J connectivity index is 1.03. The van der Waals surface area contributed by atoms with Crippen molar-refractivity contribution < 1.29 is 18.9 Å². The average Bonchev–Trinajstić information content (AvgIpc) is 3.29. The SMILES string of the molecule is c1ccc(COC2CCN(Cc3ccc4c(c3)CN(Cc3ccc5c(c3)OCO5)CCO4)CC2)cc1. The van der Waals surface area contributed by atoms with Gasteiger partial charge in [0, 0.05) is 44.8 Å². The summed E-state index contributed by atoms with van der Waals surface area (Å²) in [6, 6.07) is 23.4. The van der Waals surface area contributed by atoms with Crippen molar-refractivity contribution in [1.29, 1.82) is 0 Å². The first-order valence-electron chi connectivity index (χ1n) is 13.0. The maximum Gasteiger partial charge on any atom is 0.231 e. The van der Waals surface area contributed by atoms with Gasteiger partial charge < -0.3 is 18.9 Å². The molecule has 0 aromatic heterocycles. The van der Waals surface area contributed by atoms with Gasteiger partial charge in [0.2, 0.25) is 6.79 Å². The van der Waals surface area contributed by atoms with E-state index in [0.717, 1.165) is 69.4 Å². The third kappa shape index (κ3) is 5.67. The first-order chi connectivity index (χ1) is 17.8. The highest BCUT2D eigenvalue weighted by Crippen LogP contribution is 2.33. The second-order valence-corrected chi connectivity index (χ2v) is 9.96. The van der Waals surface area contributed by atoms with Gasteiger partial charge in [0.05, 0.1) is 12.7 Å². The van der Waals surface area contributed by atoms with Crippen LogP contribution in [-0.4, -0.2) is 48.9 Å². The zero-order valence-corrected chi connectivity index (χ0v) is 20.7. The van der Waals surface area contributed by atoms with Crippen molar-refractivity contribution in [2.75, 3.05) is 33.0 Å². The zero-order chi connectivity index (χ0) is 24.2. The second kappa shape index (κ2) is 10.9. The highest BCUT2D eigenvalue weighted by atomic mass is 16.7. The Morgan fingerprint density at radius 1 is 0.694 bits per heavy atom. The van der Waals surface area contributed by atoms with Crippen LogP contribution in [0.5, 0.6) is 17.2 Å². The van der Waals surface area contributed by atoms with Crippen molar-refractivity contribution in [1.82, 2.24) is 9.80 Å². The summed E-state index contributed by atoms with van der Waals surface area (Å²) in [5.41, 5.74) is 5.11. The van der Waals surface area contributed by atoms with Gasteiger partial charge in [-0.25, -0.2) is 0 Å². The van der Waals surface area contributed by atoms with Crippen LogP contribution in [0.15, 0.2) is 66.7 Å². The van der Waals surface area contributed by atoms with Gasteiger partial charge >= 0.3 is 0 Å². The number of nitrogens with zero attached hydrogens (tertiary/aromatic N) is 2. The summed E-state index contributed by atoms with van der Waals surface area (Å²) in [7, 11) is 0. The molecule has 3 aliphatic rings. The molecule has 0 amide bonds. The summed E-state index contributed by atoms with van der Waals surface area (Å²) < 4.78 is 23.3. The van der Waals surface area contributed by atoms with Crippen LogP contribution in [0.3, 0.4) is 0 Å². The predicted octanol–water partition coefficient (Wildman–Crippen LogP) is 4.99. The standard InChI is InChI=1S/C30H34N2O4/c1-2-4-23(5-3-1)21-34-27-10-12-31(13-11-27)18-24-6-8-28-26(16-24)20-32(14-15-33-28)19-25-7-9-29-30(17-25)36-22-35-29/h1-9,16-17,27H,10-15,18-22H2. The van der Waals surface area contributed by atoms with Crippen LogP contribution in [0, 0.1) is 0 Å². The Labute approximate surface area is 213 Å². The van der Waals surface area contributed by atoms with Crippen LogP contribution >= 0.6 is 0 Å². The number of likely N-dealkylation sites (tertiary alicyclic amines) is 1. The summed E-state index contributed by atoms with van der Waals surface area (Å²) in [5, 5.41) is 0. The van der Waals surface area contributed by atoms with E-state index in [1.54, 1.807) is 0 Å². The number of piperidine rings is 1. The molecule has 0 atom stereocenters. The number of benzene rings is 3. The molecule has 6 nitrogen and oxygen atoms in total. The summed E-state index contributed by atoms with van der Waals surface area (Å²) in [6.07, 6.45) is 2.53. The fourth-order valence-electron chi connectivity index (χ4n) is 5.31. The number of ether oxygens (including phenoxy) is 4. The van der Waals surface area contributed by atoms with Crippen molar-refractivity contribution in [3.05, 3.63) is 89.0 Å². The number of hydrogen-bond acceptors (Lipinski definition) is 6. The van der Waals surface area contributed by atoms with Crippen LogP contribution in [0.4, 0.5) is 0 Å². The van der Waals surface area contributed by atoms with Gasteiger partial charge in [0.1, 0.15) is 12.4 Å². The van der Waals surface area contributed by atoms with E-state index in [1.165, 1.54) is 22.3 Å². The lowest BCUT2D eigenvalue weighted by molar-refractivity contribution is -0.00394. The van der Waals surface area contributed by atoms with E-state index < -0.39 is 0 Å². The normalized spacial score (nSPS) is 18.4. The van der Waals surface area contributed by atoms with Crippen LogP contribution in [0.2, 0.25) is 0 Å². The first-order valence-corrected chi connectivity index (χ1v) is 13.0. The molecule has 0 saturated carbocycles. The average molecular weight is 487 g/mol. The topological polar surface area (TPSA) is 43.4 Å². The minimum absolute atomic E-state index is 0.310. The van der Waals surface area contributed by atoms with Gasteiger partial charge in [-0.15, -0.1) is 0 Å². The van der Waals surface area contributed by atoms with Crippen molar-refractivity contribution in [2.45, 2.75) is 45.2 Å². The van der Waals surface area contributed by atoms with Gasteiger partial charge in [-0.3, -0.25) is 9.80 Å². The molecule has 3 aliphatic heterocycles. The Hall–Kier alpha value is -3.06. The fraction of sp³-hybridized carbons (Fsp3) is 0.400. The van der Waals surface area contributed by atoms with E-state index in [0.29, 0.717) is 26.1 Å². The molecule has 0 N–H and O–H groups in total. The highest BCUT2D eigenvalue weighted by molar-refractivity contribution is 5.44. The molecule has 1 fully saturated rings. The quantitative estimate of drug-likeness (QED) is 0.469. The van der Waals surface area contributed by atoms with Crippen molar-refractivity contribution in [3.63, 3.8) is 0 Å². The number of rotatable bonds is 7. The van der Waals surface area contributed by atoms with E-state index in [2.05, 4.69) is 64.4 Å². The van der Waals surface area contributed by atoms with Crippen molar-refractivity contribution in [2.24, 2.45) is 0 Å². The summed E-state index contributed by atoms with van der Waals surface area (Å²) in [4.78, 5) is 4.99. The lowest BCUT2D eigenvalue weighted by Gasteiger charge is -2.32. The van der Waals surface area contributed by atoms with E-state index in [9.17, 15) is 0 Å². The molecule has 0 aliphatic carbocycles. The third-order valence-electron chi connectivity index (χ3n) is 7.30. The Kier molecular flexibility index (Phi) is 7.07. The van der Waals surface area contributed by atoms with Gasteiger partial charge in [0.25, 0.3) is 0 Å². The van der Waals surface area contributed by atoms with Crippen LogP contribution < -0.4 is 14.2 Å². The van der Waals surface area contributed by atoms with Gasteiger partial charge in [-0.2, -0.15) is 0 Å². The molecule has 6 heteroatoms. The maximum absolute atomic E-state index is 6.18. The Morgan fingerprint density at radius 2 is 1.44 bits per heavy atom. The summed E-state index contributed by atoms with van der Waals surface area (Å²) in [6.45, 7) is 7.48. The van der Waals surface area contributed by atoms with E-state index in [-0.39, 0.29) is 0 Å². The largest absolute Gasteiger partial charge is 0.492 e. The van der Waals surface area contributed by atoms with Crippen LogP contribution in [0.1, 0.15) is 35.1 Å². The molecule has 0 bridgehead atoms. The molecule has 0 unspecified atom stereocenters. The third-order valence-corrected chi connectivity index (χ3v) is 7.30. The molecule has 6 rings (SSSR count). The smallest absolute Gasteiger partial charge is 0.231 e. The summed E-state index contributed by atoms with van der Waals surface area (Å²) in [5.74, 6) is 2.69. The monoisotopic (exact) mass is 486 g/mol. The predicted molar refractivity (Wildman–Crippen MR) is 138 cm³/mol. The molecule has 188 valence electrons. The zero-order valence-electron chi connectivity index (χ0n) is 20.7. The molecule has 0 radical (unpaired) electrons. The molecule has 3 heterocycles. The molecule has 3 aromatic carbocycles. The minimum Gasteiger partial charge on any atom is -0.492 e. The lowest BCUT2D eigenvalue weighted by atomic mass is 10.0. The van der Waals surface area contributed by atoms with Crippen LogP contribution in [-0.2, 0) is 31.0 Å². The molecule has 1 saturated heterocycles. The minimum atomic E-state index is 0.310. The first kappa shape index (κ1) is 23.3.